The molecular weight excluding hydrogens is 388 g/mol. The molecule has 144 valence electrons. The van der Waals surface area contributed by atoms with Crippen LogP contribution >= 0.6 is 11.3 Å². The van der Waals surface area contributed by atoms with Crippen molar-refractivity contribution < 1.29 is 18.0 Å². The summed E-state index contributed by atoms with van der Waals surface area (Å²) < 4.78 is 23.0. The van der Waals surface area contributed by atoms with Crippen molar-refractivity contribution >= 4 is 33.0 Å². The number of sulfone groups is 1. The molecule has 3 heterocycles. The Labute approximate surface area is 161 Å². The zero-order valence-electron chi connectivity index (χ0n) is 15.0. The highest BCUT2D eigenvalue weighted by atomic mass is 32.2. The van der Waals surface area contributed by atoms with E-state index in [1.807, 2.05) is 12.1 Å². The van der Waals surface area contributed by atoms with Crippen molar-refractivity contribution in [1.82, 2.24) is 20.2 Å². The first kappa shape index (κ1) is 19.4. The van der Waals surface area contributed by atoms with E-state index in [2.05, 4.69) is 15.3 Å². The summed E-state index contributed by atoms with van der Waals surface area (Å²) in [6.45, 7) is 3.65. The first-order chi connectivity index (χ1) is 12.8. The van der Waals surface area contributed by atoms with E-state index in [0.717, 1.165) is 0 Å². The molecule has 2 aromatic heterocycles. The average Bonchev–Trinajstić information content (AvgIpc) is 3.04. The van der Waals surface area contributed by atoms with Crippen LogP contribution in [0.25, 0.3) is 10.7 Å². The number of pyridine rings is 1. The molecule has 1 unspecified atom stereocenters. The minimum absolute atomic E-state index is 0.0409. The highest BCUT2D eigenvalue weighted by Gasteiger charge is 2.29. The third-order valence-corrected chi connectivity index (χ3v) is 7.05. The average molecular weight is 409 g/mol. The van der Waals surface area contributed by atoms with Crippen molar-refractivity contribution in [1.29, 1.82) is 0 Å². The van der Waals surface area contributed by atoms with E-state index >= 15 is 0 Å². The first-order valence-electron chi connectivity index (χ1n) is 8.46. The van der Waals surface area contributed by atoms with Crippen LogP contribution in [0.1, 0.15) is 22.3 Å². The zero-order chi connectivity index (χ0) is 19.6. The van der Waals surface area contributed by atoms with Gasteiger partial charge in [0.15, 0.2) is 9.84 Å². The molecule has 8 nitrogen and oxygen atoms in total. The molecule has 1 N–H and O–H groups in total. The van der Waals surface area contributed by atoms with Gasteiger partial charge in [-0.1, -0.05) is 6.07 Å². The van der Waals surface area contributed by atoms with E-state index < -0.39 is 15.9 Å². The lowest BCUT2D eigenvalue weighted by atomic mass is 10.2. The van der Waals surface area contributed by atoms with Crippen molar-refractivity contribution in [2.75, 3.05) is 24.6 Å². The van der Waals surface area contributed by atoms with Crippen LogP contribution in [0, 0.1) is 6.92 Å². The van der Waals surface area contributed by atoms with Crippen molar-refractivity contribution in [3.8, 4) is 10.7 Å². The highest BCUT2D eigenvalue weighted by Crippen LogP contribution is 2.26. The molecule has 2 amide bonds. The van der Waals surface area contributed by atoms with Gasteiger partial charge in [0.05, 0.1) is 22.9 Å². The summed E-state index contributed by atoms with van der Waals surface area (Å²) in [7, 11) is -3.06. The summed E-state index contributed by atoms with van der Waals surface area (Å²) in [6.07, 6.45) is 1.66. The third-order valence-electron chi connectivity index (χ3n) is 4.26. The summed E-state index contributed by atoms with van der Waals surface area (Å²) >= 11 is 1.22. The summed E-state index contributed by atoms with van der Waals surface area (Å²) in [4.78, 5) is 35.6. The second-order valence-electron chi connectivity index (χ2n) is 6.32. The molecule has 0 radical (unpaired) electrons. The number of aryl methyl sites for hydroxylation is 1. The van der Waals surface area contributed by atoms with Gasteiger partial charge < -0.3 is 10.2 Å². The molecule has 1 aliphatic rings. The van der Waals surface area contributed by atoms with Gasteiger partial charge in [-0.05, 0) is 26.0 Å². The Hall–Kier alpha value is -2.33. The highest BCUT2D eigenvalue weighted by molar-refractivity contribution is 7.91. The fraction of sp³-hybridized carbons (Fsp3) is 0.412. The van der Waals surface area contributed by atoms with E-state index in [9.17, 15) is 18.0 Å². The molecule has 0 bridgehead atoms. The van der Waals surface area contributed by atoms with Crippen molar-refractivity contribution in [3.63, 3.8) is 0 Å². The van der Waals surface area contributed by atoms with E-state index in [1.54, 1.807) is 26.1 Å². The van der Waals surface area contributed by atoms with Gasteiger partial charge in [0, 0.05) is 19.3 Å². The van der Waals surface area contributed by atoms with Gasteiger partial charge in [-0.3, -0.25) is 14.6 Å². The Morgan fingerprint density at radius 3 is 2.59 bits per heavy atom. The molecule has 2 aromatic rings. The number of nitrogens with zero attached hydrogens (tertiary/aromatic N) is 3. The van der Waals surface area contributed by atoms with Crippen LogP contribution < -0.4 is 5.32 Å². The fourth-order valence-electron chi connectivity index (χ4n) is 2.74. The van der Waals surface area contributed by atoms with Crippen LogP contribution in [0.4, 0.5) is 0 Å². The van der Waals surface area contributed by atoms with Crippen LogP contribution in [0.3, 0.4) is 0 Å². The second kappa shape index (κ2) is 7.73. The summed E-state index contributed by atoms with van der Waals surface area (Å²) in [5, 5.41) is 3.33. The van der Waals surface area contributed by atoms with Gasteiger partial charge in [0.25, 0.3) is 5.91 Å². The van der Waals surface area contributed by atoms with Gasteiger partial charge in [-0.15, -0.1) is 11.3 Å². The molecule has 0 spiro atoms. The number of nitrogens with one attached hydrogen (secondary N) is 1. The lowest BCUT2D eigenvalue weighted by Gasteiger charge is -2.29. The predicted molar refractivity (Wildman–Crippen MR) is 102 cm³/mol. The van der Waals surface area contributed by atoms with Crippen LogP contribution in [0.2, 0.25) is 0 Å². The molecule has 3 rings (SSSR count). The maximum Gasteiger partial charge on any atom is 0.263 e. The van der Waals surface area contributed by atoms with Gasteiger partial charge in [0.2, 0.25) is 5.91 Å². The molecule has 1 aliphatic heterocycles. The maximum atomic E-state index is 12.6. The van der Waals surface area contributed by atoms with Crippen LogP contribution in [0.5, 0.6) is 0 Å². The zero-order valence-corrected chi connectivity index (χ0v) is 16.6. The summed E-state index contributed by atoms with van der Waals surface area (Å²) in [5.41, 5.74) is 1.25. The van der Waals surface area contributed by atoms with Gasteiger partial charge in [-0.25, -0.2) is 13.4 Å². The quantitative estimate of drug-likeness (QED) is 0.805. The molecule has 1 atom stereocenters. The number of aromatic nitrogens is 2. The van der Waals surface area contributed by atoms with Gasteiger partial charge in [0.1, 0.15) is 15.9 Å². The summed E-state index contributed by atoms with van der Waals surface area (Å²) in [5.74, 6) is -0.746. The largest absolute Gasteiger partial charge is 0.340 e. The van der Waals surface area contributed by atoms with Crippen LogP contribution in [-0.2, 0) is 14.6 Å². The number of amides is 2. The van der Waals surface area contributed by atoms with Crippen LogP contribution in [-0.4, -0.2) is 65.7 Å². The lowest BCUT2D eigenvalue weighted by Crippen LogP contribution is -2.51. The number of carbonyl (C=O) groups is 2. The number of thiazole rings is 1. The number of carbonyl (C=O) groups excluding carboxylic acids is 2. The Balaban J connectivity index is 1.66. The molecule has 1 fully saturated rings. The Morgan fingerprint density at radius 1 is 1.26 bits per heavy atom. The van der Waals surface area contributed by atoms with E-state index in [0.29, 0.717) is 21.3 Å². The maximum absolute atomic E-state index is 12.6. The smallest absolute Gasteiger partial charge is 0.263 e. The Kier molecular flexibility index (Phi) is 5.56. The fourth-order valence-corrected chi connectivity index (χ4v) is 4.88. The van der Waals surface area contributed by atoms with Crippen molar-refractivity contribution in [2.24, 2.45) is 0 Å². The first-order valence-corrected chi connectivity index (χ1v) is 11.1. The van der Waals surface area contributed by atoms with Crippen molar-refractivity contribution in [2.45, 2.75) is 19.9 Å². The molecule has 10 heteroatoms. The molecule has 0 aliphatic carbocycles. The standard InChI is InChI=1S/C17H20N4O4S2/c1-11-14(26-16(20-11)13-5-3-4-6-18-13)15(22)19-12(2)17(23)21-7-9-27(24,25)10-8-21/h3-6,12H,7-10H2,1-2H3,(H,19,22). The van der Waals surface area contributed by atoms with Crippen LogP contribution in [0.15, 0.2) is 24.4 Å². The molecule has 1 saturated heterocycles. The van der Waals surface area contributed by atoms with E-state index in [-0.39, 0.29) is 36.4 Å². The topological polar surface area (TPSA) is 109 Å². The molecule has 0 saturated carbocycles. The monoisotopic (exact) mass is 408 g/mol. The minimum atomic E-state index is -3.06. The number of rotatable bonds is 4. The normalized spacial score (nSPS) is 17.3. The molecular formula is C17H20N4O4S2. The Bertz CT molecular complexity index is 943. The Morgan fingerprint density at radius 2 is 1.96 bits per heavy atom. The second-order valence-corrected chi connectivity index (χ2v) is 9.62. The van der Waals surface area contributed by atoms with E-state index in [1.165, 1.54) is 16.2 Å². The predicted octanol–water partition coefficient (Wildman–Crippen LogP) is 0.889. The lowest BCUT2D eigenvalue weighted by molar-refractivity contribution is -0.132. The summed E-state index contributed by atoms with van der Waals surface area (Å²) in [6, 6.07) is 4.71. The number of hydrogen-bond acceptors (Lipinski definition) is 7. The van der Waals surface area contributed by atoms with Gasteiger partial charge in [-0.2, -0.15) is 0 Å². The van der Waals surface area contributed by atoms with E-state index in [4.69, 9.17) is 0 Å². The third kappa shape index (κ3) is 4.51. The molecule has 0 aromatic carbocycles. The molecule has 27 heavy (non-hydrogen) atoms. The SMILES string of the molecule is Cc1nc(-c2ccccn2)sc1C(=O)NC(C)C(=O)N1CCS(=O)(=O)CC1. The van der Waals surface area contributed by atoms with Crippen molar-refractivity contribution in [3.05, 3.63) is 35.0 Å². The number of hydrogen-bond donors (Lipinski definition) is 1. The minimum Gasteiger partial charge on any atom is -0.340 e. The van der Waals surface area contributed by atoms with Gasteiger partial charge >= 0.3 is 0 Å².